The molecule has 1 aromatic carbocycles. The highest BCUT2D eigenvalue weighted by atomic mass is 19.3. The SMILES string of the molecule is CN(Cc1ncnn1CC(F)F)C(=O)[C@@H]1CCCc2ccccc21. The van der Waals surface area contributed by atoms with Gasteiger partial charge in [-0.2, -0.15) is 5.10 Å². The summed E-state index contributed by atoms with van der Waals surface area (Å²) in [4.78, 5) is 18.4. The molecule has 0 saturated heterocycles. The van der Waals surface area contributed by atoms with Crippen molar-refractivity contribution in [2.24, 2.45) is 0 Å². The van der Waals surface area contributed by atoms with Gasteiger partial charge in [0.05, 0.1) is 12.5 Å². The molecule has 0 N–H and O–H groups in total. The van der Waals surface area contributed by atoms with Crippen molar-refractivity contribution in [3.8, 4) is 0 Å². The highest BCUT2D eigenvalue weighted by Gasteiger charge is 2.29. The quantitative estimate of drug-likeness (QED) is 0.845. The van der Waals surface area contributed by atoms with Gasteiger partial charge in [-0.05, 0) is 30.4 Å². The third-order valence-corrected chi connectivity index (χ3v) is 4.43. The molecule has 1 aromatic heterocycles. The minimum absolute atomic E-state index is 0.00579. The van der Waals surface area contributed by atoms with Crippen molar-refractivity contribution in [3.05, 3.63) is 47.5 Å². The van der Waals surface area contributed by atoms with Gasteiger partial charge >= 0.3 is 0 Å². The second-order valence-corrected chi connectivity index (χ2v) is 6.09. The van der Waals surface area contributed by atoms with E-state index in [9.17, 15) is 13.6 Å². The number of aryl methyl sites for hydroxylation is 1. The van der Waals surface area contributed by atoms with E-state index in [1.807, 2.05) is 18.2 Å². The van der Waals surface area contributed by atoms with Crippen LogP contribution in [0.15, 0.2) is 30.6 Å². The van der Waals surface area contributed by atoms with E-state index >= 15 is 0 Å². The lowest BCUT2D eigenvalue weighted by Gasteiger charge is -2.28. The van der Waals surface area contributed by atoms with Gasteiger partial charge in [-0.1, -0.05) is 24.3 Å². The van der Waals surface area contributed by atoms with Crippen molar-refractivity contribution in [1.82, 2.24) is 19.7 Å². The third-order valence-electron chi connectivity index (χ3n) is 4.43. The Morgan fingerprint density at radius 2 is 2.21 bits per heavy atom. The number of carbonyl (C=O) groups is 1. The molecule has 0 spiro atoms. The number of aromatic nitrogens is 3. The van der Waals surface area contributed by atoms with Gasteiger partial charge in [0.2, 0.25) is 5.91 Å². The lowest BCUT2D eigenvalue weighted by molar-refractivity contribution is -0.132. The summed E-state index contributed by atoms with van der Waals surface area (Å²) in [6, 6.07) is 8.00. The third kappa shape index (κ3) is 3.44. The van der Waals surface area contributed by atoms with Crippen LogP contribution in [0.3, 0.4) is 0 Å². The summed E-state index contributed by atoms with van der Waals surface area (Å²) >= 11 is 0. The van der Waals surface area contributed by atoms with E-state index in [2.05, 4.69) is 16.1 Å². The Bertz CT molecular complexity index is 716. The van der Waals surface area contributed by atoms with Crippen LogP contribution >= 0.6 is 0 Å². The Hall–Kier alpha value is -2.31. The normalized spacial score (nSPS) is 16.9. The van der Waals surface area contributed by atoms with E-state index in [4.69, 9.17) is 0 Å². The van der Waals surface area contributed by atoms with Crippen molar-refractivity contribution < 1.29 is 13.6 Å². The maximum absolute atomic E-state index is 12.8. The summed E-state index contributed by atoms with van der Waals surface area (Å²) in [5, 5.41) is 3.80. The van der Waals surface area contributed by atoms with Crippen LogP contribution in [0.5, 0.6) is 0 Å². The molecule has 1 aliphatic carbocycles. The zero-order valence-corrected chi connectivity index (χ0v) is 13.5. The molecule has 0 fully saturated rings. The van der Waals surface area contributed by atoms with Crippen molar-refractivity contribution in [3.63, 3.8) is 0 Å². The van der Waals surface area contributed by atoms with Crippen molar-refractivity contribution in [2.45, 2.75) is 44.7 Å². The van der Waals surface area contributed by atoms with Crippen LogP contribution in [0.4, 0.5) is 8.78 Å². The number of hydrogen-bond donors (Lipinski definition) is 0. The number of fused-ring (bicyclic) bond motifs is 1. The number of halogens is 2. The van der Waals surface area contributed by atoms with E-state index in [-0.39, 0.29) is 18.4 Å². The summed E-state index contributed by atoms with van der Waals surface area (Å²) in [5.41, 5.74) is 2.30. The maximum atomic E-state index is 12.8. The van der Waals surface area contributed by atoms with Crippen molar-refractivity contribution >= 4 is 5.91 Å². The lowest BCUT2D eigenvalue weighted by atomic mass is 9.82. The van der Waals surface area contributed by atoms with Gasteiger partial charge in [0, 0.05) is 7.05 Å². The molecule has 3 rings (SSSR count). The Morgan fingerprint density at radius 1 is 1.42 bits per heavy atom. The summed E-state index contributed by atoms with van der Waals surface area (Å²) < 4.78 is 26.3. The van der Waals surface area contributed by atoms with Crippen LogP contribution in [-0.2, 0) is 24.3 Å². The summed E-state index contributed by atoms with van der Waals surface area (Å²) in [5.74, 6) is 0.190. The summed E-state index contributed by atoms with van der Waals surface area (Å²) in [7, 11) is 1.68. The van der Waals surface area contributed by atoms with Gasteiger partial charge < -0.3 is 4.90 Å². The summed E-state index contributed by atoms with van der Waals surface area (Å²) in [6.45, 7) is -0.339. The van der Waals surface area contributed by atoms with Gasteiger partial charge in [-0.15, -0.1) is 0 Å². The van der Waals surface area contributed by atoms with Gasteiger partial charge in [0.1, 0.15) is 18.7 Å². The Labute approximate surface area is 139 Å². The fraction of sp³-hybridized carbons (Fsp3) is 0.471. The van der Waals surface area contributed by atoms with E-state index < -0.39 is 13.0 Å². The predicted molar refractivity (Wildman–Crippen MR) is 84.6 cm³/mol. The molecule has 7 heteroatoms. The largest absolute Gasteiger partial charge is 0.338 e. The fourth-order valence-electron chi connectivity index (χ4n) is 3.26. The predicted octanol–water partition coefficient (Wildman–Crippen LogP) is 2.62. The number of alkyl halides is 2. The van der Waals surface area contributed by atoms with Crippen LogP contribution in [-0.4, -0.2) is 39.0 Å². The first kappa shape index (κ1) is 16.5. The molecule has 0 bridgehead atoms. The molecule has 0 unspecified atom stereocenters. The molecule has 1 atom stereocenters. The minimum Gasteiger partial charge on any atom is -0.338 e. The molecule has 0 aliphatic heterocycles. The van der Waals surface area contributed by atoms with Crippen LogP contribution in [0, 0.1) is 0 Å². The average Bonchev–Trinajstić information content (AvgIpc) is 2.99. The Kier molecular flexibility index (Phi) is 4.87. The molecule has 24 heavy (non-hydrogen) atoms. The van der Waals surface area contributed by atoms with Gasteiger partial charge in [-0.25, -0.2) is 18.4 Å². The Morgan fingerprint density at radius 3 is 3.00 bits per heavy atom. The van der Waals surface area contributed by atoms with Gasteiger partial charge in [0.25, 0.3) is 6.43 Å². The van der Waals surface area contributed by atoms with Gasteiger partial charge in [-0.3, -0.25) is 4.79 Å². The highest BCUT2D eigenvalue weighted by Crippen LogP contribution is 2.32. The van der Waals surface area contributed by atoms with Crippen LogP contribution in [0.1, 0.15) is 35.7 Å². The molecule has 128 valence electrons. The van der Waals surface area contributed by atoms with E-state index in [1.54, 1.807) is 11.9 Å². The Balaban J connectivity index is 1.73. The molecule has 0 saturated carbocycles. The smallest absolute Gasteiger partial charge is 0.257 e. The number of likely N-dealkylation sites (N-methyl/N-ethyl adjacent to an activating group) is 1. The topological polar surface area (TPSA) is 51.0 Å². The fourth-order valence-corrected chi connectivity index (χ4v) is 3.26. The number of benzene rings is 1. The standard InChI is InChI=1S/C17H20F2N4O/c1-22(10-16-20-11-21-23(16)9-15(18)19)17(24)14-8-4-6-12-5-2-3-7-13(12)14/h2-3,5,7,11,14-15H,4,6,8-10H2,1H3/t14-/m1/s1. The highest BCUT2D eigenvalue weighted by molar-refractivity contribution is 5.84. The number of nitrogens with zero attached hydrogens (tertiary/aromatic N) is 4. The zero-order valence-electron chi connectivity index (χ0n) is 13.5. The number of hydrogen-bond acceptors (Lipinski definition) is 3. The molecule has 1 aliphatic rings. The minimum atomic E-state index is -2.50. The molecule has 1 heterocycles. The number of carbonyl (C=O) groups excluding carboxylic acids is 1. The molecular formula is C17H20F2N4O. The molecule has 2 aromatic rings. The average molecular weight is 334 g/mol. The first-order chi connectivity index (χ1) is 11.6. The maximum Gasteiger partial charge on any atom is 0.257 e. The van der Waals surface area contributed by atoms with Crippen molar-refractivity contribution in [1.29, 1.82) is 0 Å². The molecular weight excluding hydrogens is 314 g/mol. The van der Waals surface area contributed by atoms with Gasteiger partial charge in [0.15, 0.2) is 0 Å². The van der Waals surface area contributed by atoms with Crippen LogP contribution in [0.25, 0.3) is 0 Å². The molecule has 5 nitrogen and oxygen atoms in total. The monoisotopic (exact) mass is 334 g/mol. The van der Waals surface area contributed by atoms with E-state index in [0.29, 0.717) is 5.82 Å². The van der Waals surface area contributed by atoms with E-state index in [0.717, 1.165) is 29.5 Å². The zero-order chi connectivity index (χ0) is 17.1. The summed E-state index contributed by atoms with van der Waals surface area (Å²) in [6.07, 6.45) is 1.52. The van der Waals surface area contributed by atoms with Crippen LogP contribution in [0.2, 0.25) is 0 Å². The number of amides is 1. The van der Waals surface area contributed by atoms with E-state index in [1.165, 1.54) is 11.9 Å². The molecule has 0 radical (unpaired) electrons. The second-order valence-electron chi connectivity index (χ2n) is 6.09. The van der Waals surface area contributed by atoms with Crippen molar-refractivity contribution in [2.75, 3.05) is 7.05 Å². The number of rotatable bonds is 5. The van der Waals surface area contributed by atoms with Crippen LogP contribution < -0.4 is 0 Å². The first-order valence-corrected chi connectivity index (χ1v) is 8.04. The first-order valence-electron chi connectivity index (χ1n) is 8.04. The molecule has 1 amide bonds. The second kappa shape index (κ2) is 7.07. The lowest BCUT2D eigenvalue weighted by Crippen LogP contribution is -2.34.